The van der Waals surface area contributed by atoms with Gasteiger partial charge >= 0.3 is 5.97 Å². The third kappa shape index (κ3) is 3.23. The molecule has 3 heterocycles. The fourth-order valence-electron chi connectivity index (χ4n) is 5.55. The summed E-state index contributed by atoms with van der Waals surface area (Å²) in [6.45, 7) is 7.24. The number of pyridine rings is 1. The van der Waals surface area contributed by atoms with E-state index in [0.29, 0.717) is 25.7 Å². The zero-order valence-corrected chi connectivity index (χ0v) is 16.5. The molecule has 2 saturated heterocycles. The van der Waals surface area contributed by atoms with Crippen molar-refractivity contribution in [2.24, 2.45) is 11.3 Å². The predicted octanol–water partition coefficient (Wildman–Crippen LogP) is 2.14. The van der Waals surface area contributed by atoms with Gasteiger partial charge in [-0.1, -0.05) is 19.3 Å². The normalized spacial score (nSPS) is 29.9. The summed E-state index contributed by atoms with van der Waals surface area (Å²) in [4.78, 5) is 32.4. The van der Waals surface area contributed by atoms with Crippen LogP contribution in [-0.4, -0.2) is 58.1 Å². The highest BCUT2D eigenvalue weighted by Gasteiger charge is 2.58. The number of H-pyrrole nitrogens is 1. The molecule has 2 unspecified atom stereocenters. The molecule has 148 valence electrons. The van der Waals surface area contributed by atoms with E-state index in [4.69, 9.17) is 0 Å². The van der Waals surface area contributed by atoms with Crippen molar-refractivity contribution in [1.82, 2.24) is 14.8 Å². The number of fused-ring (bicyclic) bond motifs is 1. The zero-order chi connectivity index (χ0) is 19.2. The van der Waals surface area contributed by atoms with Crippen LogP contribution in [0.3, 0.4) is 0 Å². The van der Waals surface area contributed by atoms with Gasteiger partial charge in [-0.2, -0.15) is 0 Å². The van der Waals surface area contributed by atoms with Gasteiger partial charge in [0.2, 0.25) is 0 Å². The van der Waals surface area contributed by atoms with Crippen molar-refractivity contribution >= 4 is 5.97 Å². The lowest BCUT2D eigenvalue weighted by molar-refractivity contribution is -0.149. The molecule has 2 atom stereocenters. The molecule has 3 fully saturated rings. The van der Waals surface area contributed by atoms with Gasteiger partial charge in [0, 0.05) is 67.7 Å². The maximum absolute atomic E-state index is 12.3. The lowest BCUT2D eigenvalue weighted by Gasteiger charge is -2.33. The van der Waals surface area contributed by atoms with Gasteiger partial charge in [0.05, 0.1) is 5.41 Å². The summed E-state index contributed by atoms with van der Waals surface area (Å²) >= 11 is 0. The third-order valence-corrected chi connectivity index (χ3v) is 7.22. The van der Waals surface area contributed by atoms with Crippen molar-refractivity contribution in [2.75, 3.05) is 26.2 Å². The van der Waals surface area contributed by atoms with Crippen LogP contribution >= 0.6 is 0 Å². The number of nitrogens with one attached hydrogen (secondary N) is 1. The minimum atomic E-state index is -0.656. The van der Waals surface area contributed by atoms with Crippen LogP contribution in [0.2, 0.25) is 0 Å². The molecule has 0 bridgehead atoms. The van der Waals surface area contributed by atoms with E-state index in [1.54, 1.807) is 6.20 Å². The topological polar surface area (TPSA) is 76.6 Å². The number of nitrogens with zero attached hydrogens (tertiary/aromatic N) is 2. The Morgan fingerprint density at radius 1 is 1.22 bits per heavy atom. The summed E-state index contributed by atoms with van der Waals surface area (Å²) in [7, 11) is 0. The number of aromatic nitrogens is 1. The molecule has 0 radical (unpaired) electrons. The lowest BCUT2D eigenvalue weighted by Crippen LogP contribution is -2.43. The fourth-order valence-corrected chi connectivity index (χ4v) is 5.55. The van der Waals surface area contributed by atoms with E-state index in [1.807, 2.05) is 13.8 Å². The van der Waals surface area contributed by atoms with Gasteiger partial charge in [-0.3, -0.25) is 19.4 Å². The van der Waals surface area contributed by atoms with E-state index in [0.717, 1.165) is 29.9 Å². The maximum Gasteiger partial charge on any atom is 0.312 e. The molecule has 0 spiro atoms. The van der Waals surface area contributed by atoms with Gasteiger partial charge in [0.25, 0.3) is 0 Å². The first-order valence-corrected chi connectivity index (χ1v) is 10.3. The smallest absolute Gasteiger partial charge is 0.312 e. The molecule has 6 heteroatoms. The van der Waals surface area contributed by atoms with Crippen molar-refractivity contribution in [3.8, 4) is 0 Å². The number of carbonyl (C=O) groups is 1. The number of rotatable bonds is 4. The highest BCUT2D eigenvalue weighted by Crippen LogP contribution is 2.45. The third-order valence-electron chi connectivity index (χ3n) is 7.22. The fraction of sp³-hybridized carbons (Fsp3) is 0.714. The SMILES string of the molecule is Cc1c[nH]c(CN2CC3CN(C4CCCCC4)CC3(C(=O)O)C2)c(C)c1=O. The van der Waals surface area contributed by atoms with Gasteiger partial charge in [0.1, 0.15) is 0 Å². The van der Waals surface area contributed by atoms with Crippen LogP contribution in [0.1, 0.15) is 48.9 Å². The molecule has 0 aromatic carbocycles. The molecule has 1 saturated carbocycles. The monoisotopic (exact) mass is 373 g/mol. The molecular weight excluding hydrogens is 342 g/mol. The maximum atomic E-state index is 12.3. The Bertz CT molecular complexity index is 783. The van der Waals surface area contributed by atoms with Crippen LogP contribution in [0.4, 0.5) is 0 Å². The lowest BCUT2D eigenvalue weighted by atomic mass is 9.81. The number of aliphatic carboxylic acids is 1. The Balaban J connectivity index is 1.49. The first kappa shape index (κ1) is 18.7. The largest absolute Gasteiger partial charge is 0.481 e. The number of aryl methyl sites for hydroxylation is 1. The predicted molar refractivity (Wildman–Crippen MR) is 104 cm³/mol. The average Bonchev–Trinajstić information content (AvgIpc) is 3.18. The molecule has 1 aliphatic carbocycles. The molecule has 27 heavy (non-hydrogen) atoms. The van der Waals surface area contributed by atoms with Crippen LogP contribution in [0.15, 0.2) is 11.0 Å². The van der Waals surface area contributed by atoms with Gasteiger partial charge in [0.15, 0.2) is 5.43 Å². The molecule has 2 aliphatic heterocycles. The van der Waals surface area contributed by atoms with Crippen molar-refractivity contribution in [2.45, 2.75) is 58.5 Å². The van der Waals surface area contributed by atoms with Crippen LogP contribution in [0.25, 0.3) is 0 Å². The quantitative estimate of drug-likeness (QED) is 0.846. The highest BCUT2D eigenvalue weighted by molar-refractivity contribution is 5.77. The van der Waals surface area contributed by atoms with Crippen molar-refractivity contribution in [3.63, 3.8) is 0 Å². The first-order chi connectivity index (χ1) is 12.9. The zero-order valence-electron chi connectivity index (χ0n) is 16.5. The molecule has 1 aromatic heterocycles. The Kier molecular flexibility index (Phi) is 4.89. The van der Waals surface area contributed by atoms with Crippen LogP contribution < -0.4 is 5.43 Å². The van der Waals surface area contributed by atoms with E-state index in [1.165, 1.54) is 32.1 Å². The molecule has 6 nitrogen and oxygen atoms in total. The van der Waals surface area contributed by atoms with Crippen molar-refractivity contribution < 1.29 is 9.90 Å². The second kappa shape index (κ2) is 7.06. The minimum Gasteiger partial charge on any atom is -0.481 e. The number of carboxylic acid groups (broad SMARTS) is 1. The van der Waals surface area contributed by atoms with Crippen molar-refractivity contribution in [1.29, 1.82) is 0 Å². The average molecular weight is 373 g/mol. The van der Waals surface area contributed by atoms with Crippen LogP contribution in [0.5, 0.6) is 0 Å². The Morgan fingerprint density at radius 2 is 1.96 bits per heavy atom. The molecule has 0 amide bonds. The summed E-state index contributed by atoms with van der Waals surface area (Å²) in [6.07, 6.45) is 8.07. The standard InChI is InChI=1S/C21H31N3O3/c1-14-8-22-18(15(2)19(14)25)11-23-9-16-10-24(17-6-4-3-5-7-17)13-21(16,12-23)20(26)27/h8,16-17H,3-7,9-13H2,1-2H3,(H,22,25)(H,26,27). The highest BCUT2D eigenvalue weighted by atomic mass is 16.4. The number of likely N-dealkylation sites (tertiary alicyclic amines) is 2. The molecule has 1 aromatic rings. The molecule has 2 N–H and O–H groups in total. The van der Waals surface area contributed by atoms with Gasteiger partial charge < -0.3 is 10.1 Å². The van der Waals surface area contributed by atoms with Crippen LogP contribution in [0, 0.1) is 25.2 Å². The summed E-state index contributed by atoms with van der Waals surface area (Å²) in [5, 5.41) is 10.1. The Morgan fingerprint density at radius 3 is 2.63 bits per heavy atom. The summed E-state index contributed by atoms with van der Waals surface area (Å²) in [6, 6.07) is 0.574. The Hall–Kier alpha value is -1.66. The van der Waals surface area contributed by atoms with E-state index < -0.39 is 11.4 Å². The van der Waals surface area contributed by atoms with E-state index in [2.05, 4.69) is 14.8 Å². The minimum absolute atomic E-state index is 0.0829. The molecule has 4 rings (SSSR count). The first-order valence-electron chi connectivity index (χ1n) is 10.3. The van der Waals surface area contributed by atoms with E-state index >= 15 is 0 Å². The Labute approximate surface area is 160 Å². The second-order valence-corrected chi connectivity index (χ2v) is 8.95. The van der Waals surface area contributed by atoms with Gasteiger partial charge in [-0.15, -0.1) is 0 Å². The summed E-state index contributed by atoms with van der Waals surface area (Å²) < 4.78 is 0. The second-order valence-electron chi connectivity index (χ2n) is 8.95. The van der Waals surface area contributed by atoms with Gasteiger partial charge in [-0.25, -0.2) is 0 Å². The van der Waals surface area contributed by atoms with E-state index in [-0.39, 0.29) is 11.3 Å². The number of aromatic amines is 1. The number of carboxylic acids is 1. The van der Waals surface area contributed by atoms with Crippen molar-refractivity contribution in [3.05, 3.63) is 33.2 Å². The number of hydrogen-bond acceptors (Lipinski definition) is 4. The summed E-state index contributed by atoms with van der Waals surface area (Å²) in [5.41, 5.74) is 1.81. The number of hydrogen-bond donors (Lipinski definition) is 2. The van der Waals surface area contributed by atoms with E-state index in [9.17, 15) is 14.7 Å². The molecular formula is C21H31N3O3. The van der Waals surface area contributed by atoms with Crippen LogP contribution in [-0.2, 0) is 11.3 Å². The summed E-state index contributed by atoms with van der Waals surface area (Å²) in [5.74, 6) is -0.475. The molecule has 3 aliphatic rings. The van der Waals surface area contributed by atoms with Gasteiger partial charge in [-0.05, 0) is 26.7 Å².